The Morgan fingerprint density at radius 1 is 1.13 bits per heavy atom. The van der Waals surface area contributed by atoms with E-state index in [1.54, 1.807) is 0 Å². The summed E-state index contributed by atoms with van der Waals surface area (Å²) in [7, 11) is -1.63. The normalized spacial score (nSPS) is 12.0. The van der Waals surface area contributed by atoms with Crippen LogP contribution in [0.25, 0.3) is 10.9 Å². The van der Waals surface area contributed by atoms with Crippen LogP contribution in [0.15, 0.2) is 30.3 Å². The molecular weight excluding hydrogens is 205 g/mol. The van der Waals surface area contributed by atoms with E-state index in [0.717, 1.165) is 16.1 Å². The van der Waals surface area contributed by atoms with Crippen molar-refractivity contribution in [3.8, 4) is 0 Å². The van der Waals surface area contributed by atoms with Gasteiger partial charge in [0, 0.05) is 5.39 Å². The van der Waals surface area contributed by atoms with Crippen molar-refractivity contribution in [3.63, 3.8) is 0 Å². The number of aromatic nitrogens is 1. The van der Waals surface area contributed by atoms with Crippen LogP contribution in [-0.4, -0.2) is 13.1 Å². The Hall–Kier alpha value is -1.22. The maximum absolute atomic E-state index is 13.7. The first-order valence-corrected chi connectivity index (χ1v) is 8.54. The molecule has 15 heavy (non-hydrogen) atoms. The van der Waals surface area contributed by atoms with E-state index in [-0.39, 0.29) is 5.95 Å². The zero-order valence-electron chi connectivity index (χ0n) is 9.21. The summed E-state index contributed by atoms with van der Waals surface area (Å²) in [5, 5.41) is 1.83. The van der Waals surface area contributed by atoms with Gasteiger partial charge in [-0.05, 0) is 17.3 Å². The molecule has 0 aliphatic heterocycles. The fourth-order valence-corrected chi connectivity index (χ4v) is 2.88. The third-order valence-electron chi connectivity index (χ3n) is 2.49. The first-order chi connectivity index (χ1) is 6.98. The van der Waals surface area contributed by atoms with Crippen molar-refractivity contribution in [2.24, 2.45) is 0 Å². The minimum Gasteiger partial charge on any atom is -0.220 e. The topological polar surface area (TPSA) is 12.9 Å². The molecule has 0 atom stereocenters. The van der Waals surface area contributed by atoms with Gasteiger partial charge in [0.15, 0.2) is 0 Å². The van der Waals surface area contributed by atoms with Crippen LogP contribution in [0.4, 0.5) is 4.39 Å². The molecule has 1 nitrogen and oxygen atoms in total. The molecule has 0 unspecified atom stereocenters. The minimum absolute atomic E-state index is 0.298. The van der Waals surface area contributed by atoms with Gasteiger partial charge in [-0.15, -0.1) is 0 Å². The van der Waals surface area contributed by atoms with Crippen LogP contribution in [0.3, 0.4) is 0 Å². The highest BCUT2D eigenvalue weighted by Gasteiger charge is 2.22. The van der Waals surface area contributed by atoms with Crippen LogP contribution in [0.2, 0.25) is 19.6 Å². The maximum Gasteiger partial charge on any atom is 0.212 e. The molecule has 1 aromatic carbocycles. The molecule has 0 N–H and O–H groups in total. The molecule has 2 rings (SSSR count). The van der Waals surface area contributed by atoms with Gasteiger partial charge in [0.25, 0.3) is 0 Å². The third kappa shape index (κ3) is 1.92. The monoisotopic (exact) mass is 219 g/mol. The number of pyridine rings is 1. The van der Waals surface area contributed by atoms with Crippen molar-refractivity contribution in [1.82, 2.24) is 4.98 Å². The molecule has 0 bridgehead atoms. The average Bonchev–Trinajstić information content (AvgIpc) is 2.15. The molecule has 3 heteroatoms. The Bertz CT molecular complexity index is 502. The molecule has 0 spiro atoms. The first kappa shape index (κ1) is 10.3. The average molecular weight is 219 g/mol. The lowest BCUT2D eigenvalue weighted by Crippen LogP contribution is -2.40. The molecule has 1 heterocycles. The van der Waals surface area contributed by atoms with Crippen molar-refractivity contribution < 1.29 is 4.39 Å². The van der Waals surface area contributed by atoms with E-state index in [2.05, 4.69) is 24.6 Å². The SMILES string of the molecule is C[Si](C)(C)c1cc2ccccc2nc1F. The molecule has 2 aromatic rings. The molecule has 0 amide bonds. The molecular formula is C12H14FNSi. The van der Waals surface area contributed by atoms with Gasteiger partial charge in [-0.25, -0.2) is 4.98 Å². The lowest BCUT2D eigenvalue weighted by atomic mass is 10.2. The molecule has 1 aromatic heterocycles. The molecule has 0 saturated heterocycles. The summed E-state index contributed by atoms with van der Waals surface area (Å²) in [5.74, 6) is -0.298. The van der Waals surface area contributed by atoms with Crippen molar-refractivity contribution in [2.75, 3.05) is 0 Å². The Morgan fingerprint density at radius 2 is 1.80 bits per heavy atom. The standard InChI is InChI=1S/C12H14FNSi/c1-15(2,3)11-8-9-6-4-5-7-10(9)14-12(11)13/h4-8H,1-3H3. The van der Waals surface area contributed by atoms with Gasteiger partial charge in [0.2, 0.25) is 5.95 Å². The van der Waals surface area contributed by atoms with Gasteiger partial charge in [-0.3, -0.25) is 0 Å². The van der Waals surface area contributed by atoms with Gasteiger partial charge in [-0.2, -0.15) is 4.39 Å². The fourth-order valence-electron chi connectivity index (χ4n) is 1.62. The number of benzene rings is 1. The number of fused-ring (bicyclic) bond motifs is 1. The van der Waals surface area contributed by atoms with Crippen LogP contribution in [0, 0.1) is 5.95 Å². The molecule has 0 aliphatic rings. The van der Waals surface area contributed by atoms with E-state index in [9.17, 15) is 4.39 Å². The Morgan fingerprint density at radius 3 is 2.47 bits per heavy atom. The highest BCUT2D eigenvalue weighted by Crippen LogP contribution is 2.13. The highest BCUT2D eigenvalue weighted by atomic mass is 28.3. The Labute approximate surface area is 90.0 Å². The summed E-state index contributed by atoms with van der Waals surface area (Å²) in [6, 6.07) is 9.60. The summed E-state index contributed by atoms with van der Waals surface area (Å²) in [4.78, 5) is 4.01. The van der Waals surface area contributed by atoms with E-state index in [0.29, 0.717) is 0 Å². The summed E-state index contributed by atoms with van der Waals surface area (Å²) < 4.78 is 13.7. The third-order valence-corrected chi connectivity index (χ3v) is 4.45. The number of para-hydroxylation sites is 1. The lowest BCUT2D eigenvalue weighted by molar-refractivity contribution is 0.596. The Balaban J connectivity index is 2.73. The van der Waals surface area contributed by atoms with E-state index in [4.69, 9.17) is 0 Å². The van der Waals surface area contributed by atoms with E-state index in [1.807, 2.05) is 30.3 Å². The van der Waals surface area contributed by atoms with Gasteiger partial charge in [0.05, 0.1) is 13.6 Å². The number of nitrogens with zero attached hydrogens (tertiary/aromatic N) is 1. The quantitative estimate of drug-likeness (QED) is 0.531. The lowest BCUT2D eigenvalue weighted by Gasteiger charge is -2.17. The molecule has 0 radical (unpaired) electrons. The second-order valence-electron chi connectivity index (χ2n) is 4.77. The zero-order valence-corrected chi connectivity index (χ0v) is 10.2. The van der Waals surface area contributed by atoms with Crippen molar-refractivity contribution in [2.45, 2.75) is 19.6 Å². The van der Waals surface area contributed by atoms with Crippen molar-refractivity contribution >= 4 is 24.2 Å². The first-order valence-electron chi connectivity index (χ1n) is 5.04. The Kier molecular flexibility index (Phi) is 2.35. The summed E-state index contributed by atoms with van der Waals surface area (Å²) in [6.45, 7) is 6.38. The maximum atomic E-state index is 13.7. The van der Waals surface area contributed by atoms with Crippen LogP contribution in [0.1, 0.15) is 0 Å². The van der Waals surface area contributed by atoms with E-state index >= 15 is 0 Å². The highest BCUT2D eigenvalue weighted by molar-refractivity contribution is 6.88. The summed E-state index contributed by atoms with van der Waals surface area (Å²) >= 11 is 0. The fraction of sp³-hybridized carbons (Fsp3) is 0.250. The second-order valence-corrected chi connectivity index (χ2v) is 9.81. The van der Waals surface area contributed by atoms with Gasteiger partial charge in [-0.1, -0.05) is 37.8 Å². The van der Waals surface area contributed by atoms with Gasteiger partial charge in [0.1, 0.15) is 0 Å². The van der Waals surface area contributed by atoms with Crippen molar-refractivity contribution in [3.05, 3.63) is 36.3 Å². The summed E-state index contributed by atoms with van der Waals surface area (Å²) in [6.07, 6.45) is 0. The number of hydrogen-bond acceptors (Lipinski definition) is 1. The molecule has 0 aliphatic carbocycles. The second kappa shape index (κ2) is 3.42. The zero-order chi connectivity index (χ0) is 11.1. The summed E-state index contributed by atoms with van der Waals surface area (Å²) in [5.41, 5.74) is 0.733. The van der Waals surface area contributed by atoms with Crippen LogP contribution in [-0.2, 0) is 0 Å². The predicted molar refractivity (Wildman–Crippen MR) is 64.7 cm³/mol. The van der Waals surface area contributed by atoms with Gasteiger partial charge < -0.3 is 0 Å². The van der Waals surface area contributed by atoms with Gasteiger partial charge >= 0.3 is 0 Å². The predicted octanol–water partition coefficient (Wildman–Crippen LogP) is 2.92. The van der Waals surface area contributed by atoms with Crippen LogP contribution in [0.5, 0.6) is 0 Å². The number of rotatable bonds is 1. The smallest absolute Gasteiger partial charge is 0.212 e. The minimum atomic E-state index is -1.63. The molecule has 0 saturated carbocycles. The van der Waals surface area contributed by atoms with Crippen molar-refractivity contribution in [1.29, 1.82) is 0 Å². The molecule has 0 fully saturated rings. The van der Waals surface area contributed by atoms with E-state index in [1.165, 1.54) is 0 Å². The van der Waals surface area contributed by atoms with Crippen LogP contribution >= 0.6 is 0 Å². The van der Waals surface area contributed by atoms with E-state index < -0.39 is 8.07 Å². The number of hydrogen-bond donors (Lipinski definition) is 0. The largest absolute Gasteiger partial charge is 0.220 e. The molecule has 78 valence electrons. The van der Waals surface area contributed by atoms with Crippen LogP contribution < -0.4 is 5.19 Å². The number of halogens is 1.